The van der Waals surface area contributed by atoms with Crippen molar-refractivity contribution in [2.75, 3.05) is 11.9 Å². The third-order valence-corrected chi connectivity index (χ3v) is 5.46. The van der Waals surface area contributed by atoms with E-state index in [2.05, 4.69) is 5.32 Å². The summed E-state index contributed by atoms with van der Waals surface area (Å²) in [6, 6.07) is 13.5. The van der Waals surface area contributed by atoms with Crippen LogP contribution in [0.25, 0.3) is 0 Å². The average Bonchev–Trinajstić information content (AvgIpc) is 2.97. The molecule has 1 heterocycles. The van der Waals surface area contributed by atoms with Gasteiger partial charge >= 0.3 is 0 Å². The fraction of sp³-hybridized carbons (Fsp3) is 0.263. The van der Waals surface area contributed by atoms with Gasteiger partial charge in [-0.2, -0.15) is 0 Å². The van der Waals surface area contributed by atoms with Crippen molar-refractivity contribution in [3.63, 3.8) is 0 Å². The van der Waals surface area contributed by atoms with Gasteiger partial charge in [0.1, 0.15) is 0 Å². The van der Waals surface area contributed by atoms with Crippen molar-refractivity contribution >= 4 is 27.5 Å². The number of amides is 2. The summed E-state index contributed by atoms with van der Waals surface area (Å²) < 4.78 is 22.5. The van der Waals surface area contributed by atoms with Gasteiger partial charge < -0.3 is 10.2 Å². The van der Waals surface area contributed by atoms with Crippen LogP contribution >= 0.6 is 0 Å². The molecule has 8 heteroatoms. The van der Waals surface area contributed by atoms with E-state index in [1.54, 1.807) is 4.90 Å². The molecule has 1 fully saturated rings. The monoisotopic (exact) mass is 387 g/mol. The summed E-state index contributed by atoms with van der Waals surface area (Å²) >= 11 is 0. The largest absolute Gasteiger partial charge is 0.338 e. The number of aryl methyl sites for hydroxylation is 1. The number of hydrogen-bond acceptors (Lipinski definition) is 4. The SMILES string of the molecule is Cc1ccc(CN2CC(C(=O)Nc3ccc(S(N)(=O)=O)cc3)CC2=O)cc1. The number of anilines is 1. The first-order valence-corrected chi connectivity index (χ1v) is 10.0. The van der Waals surface area contributed by atoms with E-state index in [4.69, 9.17) is 5.14 Å². The second kappa shape index (κ2) is 7.50. The second-order valence-electron chi connectivity index (χ2n) is 6.72. The number of carbonyl (C=O) groups is 2. The van der Waals surface area contributed by atoms with E-state index >= 15 is 0 Å². The minimum atomic E-state index is -3.77. The van der Waals surface area contributed by atoms with Gasteiger partial charge in [0.05, 0.1) is 10.8 Å². The maximum atomic E-state index is 12.5. The molecule has 0 saturated carbocycles. The number of likely N-dealkylation sites (tertiary alicyclic amines) is 1. The standard InChI is InChI=1S/C19H21N3O4S/c1-13-2-4-14(5-3-13)11-22-12-15(10-18(22)23)19(24)21-16-6-8-17(9-7-16)27(20,25)26/h2-9,15H,10-12H2,1H3,(H,21,24)(H2,20,25,26). The van der Waals surface area contributed by atoms with Crippen LogP contribution in [-0.4, -0.2) is 31.7 Å². The molecule has 1 aliphatic heterocycles. The van der Waals surface area contributed by atoms with Gasteiger partial charge in [-0.05, 0) is 36.8 Å². The lowest BCUT2D eigenvalue weighted by Gasteiger charge is -2.17. The number of nitrogens with one attached hydrogen (secondary N) is 1. The number of primary sulfonamides is 1. The maximum Gasteiger partial charge on any atom is 0.238 e. The van der Waals surface area contributed by atoms with Gasteiger partial charge in [0.25, 0.3) is 0 Å². The molecule has 142 valence electrons. The molecule has 1 unspecified atom stereocenters. The number of benzene rings is 2. The quantitative estimate of drug-likeness (QED) is 0.812. The summed E-state index contributed by atoms with van der Waals surface area (Å²) in [6.45, 7) is 2.83. The third kappa shape index (κ3) is 4.72. The van der Waals surface area contributed by atoms with Crippen LogP contribution in [-0.2, 0) is 26.2 Å². The Balaban J connectivity index is 1.61. The highest BCUT2D eigenvalue weighted by molar-refractivity contribution is 7.89. The summed E-state index contributed by atoms with van der Waals surface area (Å²) in [4.78, 5) is 26.3. The molecule has 7 nitrogen and oxygen atoms in total. The molecule has 1 saturated heterocycles. The summed E-state index contributed by atoms with van der Waals surface area (Å²) in [6.07, 6.45) is 0.160. The molecule has 1 aliphatic rings. The number of hydrogen-bond donors (Lipinski definition) is 2. The zero-order valence-electron chi connectivity index (χ0n) is 14.9. The number of rotatable bonds is 5. The van der Waals surface area contributed by atoms with Crippen LogP contribution in [0.4, 0.5) is 5.69 Å². The van der Waals surface area contributed by atoms with Crippen LogP contribution in [0.3, 0.4) is 0 Å². The summed E-state index contributed by atoms with van der Waals surface area (Å²) in [5, 5.41) is 7.77. The molecule has 1 atom stereocenters. The maximum absolute atomic E-state index is 12.5. The number of nitrogens with zero attached hydrogens (tertiary/aromatic N) is 1. The van der Waals surface area contributed by atoms with E-state index in [1.165, 1.54) is 24.3 Å². The lowest BCUT2D eigenvalue weighted by atomic mass is 10.1. The van der Waals surface area contributed by atoms with E-state index in [0.717, 1.165) is 11.1 Å². The second-order valence-corrected chi connectivity index (χ2v) is 8.28. The van der Waals surface area contributed by atoms with Gasteiger partial charge in [-0.25, -0.2) is 13.6 Å². The van der Waals surface area contributed by atoms with Crippen LogP contribution in [0, 0.1) is 12.8 Å². The summed E-state index contributed by atoms with van der Waals surface area (Å²) in [5.74, 6) is -0.765. The van der Waals surface area contributed by atoms with E-state index in [9.17, 15) is 18.0 Å². The highest BCUT2D eigenvalue weighted by Gasteiger charge is 2.34. The molecule has 27 heavy (non-hydrogen) atoms. The van der Waals surface area contributed by atoms with Crippen molar-refractivity contribution in [1.82, 2.24) is 4.90 Å². The fourth-order valence-corrected chi connectivity index (χ4v) is 3.50. The summed E-state index contributed by atoms with van der Waals surface area (Å²) in [7, 11) is -3.77. The smallest absolute Gasteiger partial charge is 0.238 e. The van der Waals surface area contributed by atoms with Crippen molar-refractivity contribution in [1.29, 1.82) is 0 Å². The average molecular weight is 387 g/mol. The first kappa shape index (κ1) is 19.1. The van der Waals surface area contributed by atoms with Crippen molar-refractivity contribution in [3.8, 4) is 0 Å². The van der Waals surface area contributed by atoms with Crippen LogP contribution in [0.15, 0.2) is 53.4 Å². The van der Waals surface area contributed by atoms with Gasteiger partial charge in [0.15, 0.2) is 0 Å². The number of sulfonamides is 1. The Hall–Kier alpha value is -2.71. The Kier molecular flexibility index (Phi) is 5.29. The lowest BCUT2D eigenvalue weighted by molar-refractivity contribution is -0.128. The van der Waals surface area contributed by atoms with Crippen molar-refractivity contribution in [3.05, 3.63) is 59.7 Å². The van der Waals surface area contributed by atoms with Crippen LogP contribution < -0.4 is 10.5 Å². The third-order valence-electron chi connectivity index (χ3n) is 4.53. The summed E-state index contributed by atoms with van der Waals surface area (Å²) in [5.41, 5.74) is 2.63. The molecule has 2 aromatic carbocycles. The number of nitrogens with two attached hydrogens (primary N) is 1. The zero-order valence-corrected chi connectivity index (χ0v) is 15.7. The van der Waals surface area contributed by atoms with Crippen LogP contribution in [0.5, 0.6) is 0 Å². The Morgan fingerprint density at radius 3 is 2.37 bits per heavy atom. The Morgan fingerprint density at radius 1 is 1.15 bits per heavy atom. The number of carbonyl (C=O) groups excluding carboxylic acids is 2. The van der Waals surface area contributed by atoms with E-state index in [1.807, 2.05) is 31.2 Å². The van der Waals surface area contributed by atoms with Crippen molar-refractivity contribution in [2.45, 2.75) is 24.8 Å². The highest BCUT2D eigenvalue weighted by atomic mass is 32.2. The molecule has 0 bridgehead atoms. The zero-order chi connectivity index (χ0) is 19.6. The van der Waals surface area contributed by atoms with Gasteiger partial charge in [0, 0.05) is 25.2 Å². The van der Waals surface area contributed by atoms with Gasteiger partial charge in [0.2, 0.25) is 21.8 Å². The van der Waals surface area contributed by atoms with Crippen molar-refractivity contribution < 1.29 is 18.0 Å². The van der Waals surface area contributed by atoms with E-state index in [-0.39, 0.29) is 23.1 Å². The van der Waals surface area contributed by atoms with Gasteiger partial charge in [-0.15, -0.1) is 0 Å². The molecule has 2 amide bonds. The highest BCUT2D eigenvalue weighted by Crippen LogP contribution is 2.22. The normalized spacial score (nSPS) is 17.2. The lowest BCUT2D eigenvalue weighted by Crippen LogP contribution is -2.28. The van der Waals surface area contributed by atoms with Crippen LogP contribution in [0.1, 0.15) is 17.5 Å². The molecule has 3 N–H and O–H groups in total. The molecule has 3 rings (SSSR count). The van der Waals surface area contributed by atoms with Gasteiger partial charge in [-0.3, -0.25) is 9.59 Å². The first-order valence-electron chi connectivity index (χ1n) is 8.49. The van der Waals surface area contributed by atoms with Gasteiger partial charge in [-0.1, -0.05) is 29.8 Å². The minimum Gasteiger partial charge on any atom is -0.338 e. The topological polar surface area (TPSA) is 110 Å². The molecule has 0 aliphatic carbocycles. The fourth-order valence-electron chi connectivity index (χ4n) is 2.99. The first-order chi connectivity index (χ1) is 12.7. The van der Waals surface area contributed by atoms with E-state index < -0.39 is 15.9 Å². The predicted molar refractivity (Wildman–Crippen MR) is 101 cm³/mol. The predicted octanol–water partition coefficient (Wildman–Crippen LogP) is 1.63. The molecule has 0 spiro atoms. The van der Waals surface area contributed by atoms with Crippen LogP contribution in [0.2, 0.25) is 0 Å². The molecule has 0 aromatic heterocycles. The molecule has 2 aromatic rings. The molecular formula is C19H21N3O4S. The Morgan fingerprint density at radius 2 is 1.78 bits per heavy atom. The van der Waals surface area contributed by atoms with E-state index in [0.29, 0.717) is 18.8 Å². The minimum absolute atomic E-state index is 0.0270. The van der Waals surface area contributed by atoms with Crippen molar-refractivity contribution in [2.24, 2.45) is 11.1 Å². The molecular weight excluding hydrogens is 366 g/mol. The molecule has 0 radical (unpaired) electrons. The Bertz CT molecular complexity index is 953. The Labute approximate surface area is 158 Å².